The van der Waals surface area contributed by atoms with Gasteiger partial charge in [-0.15, -0.1) is 0 Å². The van der Waals surface area contributed by atoms with E-state index in [9.17, 15) is 0 Å². The van der Waals surface area contributed by atoms with Gasteiger partial charge in [0.05, 0.1) is 0 Å². The molecule has 1 N–H and O–H groups in total. The van der Waals surface area contributed by atoms with Crippen molar-refractivity contribution in [2.45, 2.75) is 63.8 Å². The minimum Gasteiger partial charge on any atom is -0.351 e. The van der Waals surface area contributed by atoms with Gasteiger partial charge in [0, 0.05) is 11.6 Å². The second-order valence-corrected chi connectivity index (χ2v) is 7.23. The third-order valence-electron chi connectivity index (χ3n) is 4.80. The van der Waals surface area contributed by atoms with E-state index < -0.39 is 0 Å². The average molecular weight is 371 g/mol. The lowest BCUT2D eigenvalue weighted by Crippen LogP contribution is -2.22. The highest BCUT2D eigenvalue weighted by Crippen LogP contribution is 2.21. The Labute approximate surface area is 161 Å². The number of nitrogens with one attached hydrogen (secondary N) is 1. The SMILES string of the molecule is Clc1nc(NC2CCCCCCCCC2)nc(C2=CC=CC=CC=C2)n1. The Hall–Kier alpha value is -1.94. The Morgan fingerprint density at radius 1 is 0.769 bits per heavy atom. The molecule has 1 aromatic heterocycles. The van der Waals surface area contributed by atoms with Crippen molar-refractivity contribution in [2.75, 3.05) is 5.32 Å². The van der Waals surface area contributed by atoms with Crippen LogP contribution in [0.2, 0.25) is 5.28 Å². The molecule has 26 heavy (non-hydrogen) atoms. The van der Waals surface area contributed by atoms with Crippen LogP contribution < -0.4 is 5.32 Å². The monoisotopic (exact) mass is 370 g/mol. The van der Waals surface area contributed by atoms with Crippen molar-refractivity contribution in [1.29, 1.82) is 0 Å². The molecule has 1 heterocycles. The molecule has 1 fully saturated rings. The molecule has 138 valence electrons. The number of nitrogens with zero attached hydrogens (tertiary/aromatic N) is 3. The fraction of sp³-hybridized carbons (Fsp3) is 0.476. The highest BCUT2D eigenvalue weighted by molar-refractivity contribution is 6.28. The van der Waals surface area contributed by atoms with Gasteiger partial charge in [-0.25, -0.2) is 0 Å². The molecule has 2 aliphatic rings. The molecule has 0 amide bonds. The number of anilines is 1. The standard InChI is InChI=1S/C21H27ClN4/c22-20-24-19(17-13-9-5-4-6-10-14-17)25-21(26-20)23-18-15-11-7-2-1-3-8-12-16-18/h4-6,9-10,13-14,18H,1-3,7-8,11-12,15-16H2,(H,23,24,25,26). The van der Waals surface area contributed by atoms with Crippen molar-refractivity contribution in [3.8, 4) is 0 Å². The Bertz CT molecular complexity index is 696. The minimum atomic E-state index is 0.230. The molecule has 0 radical (unpaired) electrons. The summed E-state index contributed by atoms with van der Waals surface area (Å²) in [5, 5.41) is 3.74. The normalized spacial score (nSPS) is 19.5. The number of aromatic nitrogens is 3. The van der Waals surface area contributed by atoms with Gasteiger partial charge in [-0.1, -0.05) is 87.5 Å². The van der Waals surface area contributed by atoms with Crippen LogP contribution in [0, 0.1) is 0 Å². The molecule has 3 rings (SSSR count). The molecule has 0 spiro atoms. The average Bonchev–Trinajstić information content (AvgIpc) is 2.60. The lowest BCUT2D eigenvalue weighted by molar-refractivity contribution is 0.475. The van der Waals surface area contributed by atoms with Crippen molar-refractivity contribution >= 4 is 23.1 Å². The number of hydrogen-bond donors (Lipinski definition) is 1. The lowest BCUT2D eigenvalue weighted by Gasteiger charge is -2.20. The molecule has 0 saturated heterocycles. The highest BCUT2D eigenvalue weighted by Gasteiger charge is 2.14. The first-order valence-corrected chi connectivity index (χ1v) is 10.1. The Kier molecular flexibility index (Phi) is 7.44. The summed E-state index contributed by atoms with van der Waals surface area (Å²) in [7, 11) is 0. The molecule has 0 aromatic carbocycles. The first-order chi connectivity index (χ1) is 12.8. The van der Waals surface area contributed by atoms with Gasteiger partial charge in [0.15, 0.2) is 5.82 Å². The number of allylic oxidation sites excluding steroid dienone is 8. The van der Waals surface area contributed by atoms with Crippen molar-refractivity contribution in [2.24, 2.45) is 0 Å². The maximum absolute atomic E-state index is 6.18. The topological polar surface area (TPSA) is 50.7 Å². The summed E-state index contributed by atoms with van der Waals surface area (Å²) in [6.45, 7) is 0. The van der Waals surface area contributed by atoms with Gasteiger partial charge in [-0.3, -0.25) is 0 Å². The van der Waals surface area contributed by atoms with Crippen LogP contribution in [0.4, 0.5) is 5.95 Å². The van der Waals surface area contributed by atoms with Crippen LogP contribution in [0.3, 0.4) is 0 Å². The van der Waals surface area contributed by atoms with Gasteiger partial charge in [-0.2, -0.15) is 15.0 Å². The van der Waals surface area contributed by atoms with Crippen LogP contribution in [0.1, 0.15) is 63.6 Å². The number of halogens is 1. The van der Waals surface area contributed by atoms with Gasteiger partial charge in [0.1, 0.15) is 0 Å². The second-order valence-electron chi connectivity index (χ2n) is 6.90. The van der Waals surface area contributed by atoms with Crippen molar-refractivity contribution in [3.05, 3.63) is 53.6 Å². The van der Waals surface area contributed by atoms with Crippen LogP contribution in [-0.2, 0) is 0 Å². The summed E-state index contributed by atoms with van der Waals surface area (Å²) in [5.74, 6) is 1.18. The van der Waals surface area contributed by atoms with Gasteiger partial charge < -0.3 is 5.32 Å². The second kappa shape index (κ2) is 10.3. The third-order valence-corrected chi connectivity index (χ3v) is 4.97. The van der Waals surface area contributed by atoms with E-state index in [2.05, 4.69) is 20.3 Å². The molecule has 1 aromatic rings. The lowest BCUT2D eigenvalue weighted by atomic mass is 9.97. The van der Waals surface area contributed by atoms with Crippen LogP contribution in [-0.4, -0.2) is 21.0 Å². The van der Waals surface area contributed by atoms with E-state index >= 15 is 0 Å². The van der Waals surface area contributed by atoms with Gasteiger partial charge >= 0.3 is 0 Å². The van der Waals surface area contributed by atoms with Gasteiger partial charge in [-0.05, 0) is 24.4 Å². The fourth-order valence-corrected chi connectivity index (χ4v) is 3.56. The fourth-order valence-electron chi connectivity index (χ4n) is 3.40. The molecular formula is C21H27ClN4. The van der Waals surface area contributed by atoms with Gasteiger partial charge in [0.25, 0.3) is 0 Å². The van der Waals surface area contributed by atoms with E-state index in [1.807, 2.05) is 42.5 Å². The molecule has 4 nitrogen and oxygen atoms in total. The smallest absolute Gasteiger partial charge is 0.227 e. The van der Waals surface area contributed by atoms with Crippen LogP contribution in [0.15, 0.2) is 42.5 Å². The minimum absolute atomic E-state index is 0.230. The van der Waals surface area contributed by atoms with Crippen LogP contribution in [0.5, 0.6) is 0 Å². The van der Waals surface area contributed by atoms with E-state index in [0.29, 0.717) is 17.8 Å². The predicted molar refractivity (Wildman–Crippen MR) is 109 cm³/mol. The summed E-state index contributed by atoms with van der Waals surface area (Å²) in [6.07, 6.45) is 25.4. The van der Waals surface area contributed by atoms with Crippen LogP contribution >= 0.6 is 11.6 Å². The molecule has 0 aliphatic heterocycles. The van der Waals surface area contributed by atoms with E-state index in [-0.39, 0.29) is 5.28 Å². The quantitative estimate of drug-likeness (QED) is 0.720. The Morgan fingerprint density at radius 2 is 1.42 bits per heavy atom. The first-order valence-electron chi connectivity index (χ1n) is 9.71. The number of hydrogen-bond acceptors (Lipinski definition) is 4. The highest BCUT2D eigenvalue weighted by atomic mass is 35.5. The van der Waals surface area contributed by atoms with Crippen molar-refractivity contribution < 1.29 is 0 Å². The Morgan fingerprint density at radius 3 is 2.19 bits per heavy atom. The summed E-state index contributed by atoms with van der Waals surface area (Å²) in [6, 6.07) is 0.407. The summed E-state index contributed by atoms with van der Waals surface area (Å²) < 4.78 is 0. The molecular weight excluding hydrogens is 344 g/mol. The molecule has 1 saturated carbocycles. The number of rotatable bonds is 3. The van der Waals surface area contributed by atoms with Gasteiger partial charge in [0.2, 0.25) is 11.2 Å². The summed E-state index contributed by atoms with van der Waals surface area (Å²) >= 11 is 6.18. The molecule has 0 atom stereocenters. The van der Waals surface area contributed by atoms with E-state index in [4.69, 9.17) is 11.6 Å². The predicted octanol–water partition coefficient (Wildman–Crippen LogP) is 5.90. The van der Waals surface area contributed by atoms with E-state index in [0.717, 1.165) is 18.4 Å². The van der Waals surface area contributed by atoms with Crippen molar-refractivity contribution in [1.82, 2.24) is 15.0 Å². The first kappa shape index (κ1) is 18.8. The van der Waals surface area contributed by atoms with Crippen molar-refractivity contribution in [3.63, 3.8) is 0 Å². The summed E-state index contributed by atoms with van der Waals surface area (Å²) in [4.78, 5) is 13.2. The zero-order valence-electron chi connectivity index (χ0n) is 15.2. The molecule has 2 aliphatic carbocycles. The maximum Gasteiger partial charge on any atom is 0.227 e. The molecule has 0 bridgehead atoms. The summed E-state index contributed by atoms with van der Waals surface area (Å²) in [5.41, 5.74) is 0.920. The maximum atomic E-state index is 6.18. The van der Waals surface area contributed by atoms with E-state index in [1.165, 1.54) is 44.9 Å². The van der Waals surface area contributed by atoms with Crippen LogP contribution in [0.25, 0.3) is 5.57 Å². The zero-order chi connectivity index (χ0) is 18.0. The largest absolute Gasteiger partial charge is 0.351 e. The Balaban J connectivity index is 1.73. The molecule has 5 heteroatoms. The molecule has 0 unspecified atom stereocenters. The zero-order valence-corrected chi connectivity index (χ0v) is 16.0. The van der Waals surface area contributed by atoms with E-state index in [1.54, 1.807) is 0 Å². The third kappa shape index (κ3) is 6.10.